The van der Waals surface area contributed by atoms with Gasteiger partial charge in [-0.2, -0.15) is 0 Å². The van der Waals surface area contributed by atoms with Crippen molar-refractivity contribution < 1.29 is 22.7 Å². The van der Waals surface area contributed by atoms with Gasteiger partial charge in [0.1, 0.15) is 0 Å². The SMILES string of the molecule is CCCS(=O)(=O)c1ncc(CN2CCC(C(=O)OC)CC2)n1CC1CCCO1. The molecule has 0 radical (unpaired) electrons. The van der Waals surface area contributed by atoms with E-state index in [0.29, 0.717) is 19.5 Å². The van der Waals surface area contributed by atoms with E-state index in [4.69, 9.17) is 9.47 Å². The van der Waals surface area contributed by atoms with Gasteiger partial charge in [0.15, 0.2) is 0 Å². The number of aromatic nitrogens is 2. The van der Waals surface area contributed by atoms with E-state index in [1.807, 2.05) is 11.5 Å². The lowest BCUT2D eigenvalue weighted by Gasteiger charge is -2.30. The minimum absolute atomic E-state index is 0.0357. The number of sulfone groups is 1. The largest absolute Gasteiger partial charge is 0.469 e. The molecule has 1 atom stereocenters. The van der Waals surface area contributed by atoms with Crippen LogP contribution in [0.4, 0.5) is 0 Å². The van der Waals surface area contributed by atoms with Crippen LogP contribution in [0.15, 0.2) is 11.4 Å². The first-order valence-electron chi connectivity index (χ1n) is 10.1. The van der Waals surface area contributed by atoms with E-state index in [9.17, 15) is 13.2 Å². The van der Waals surface area contributed by atoms with Gasteiger partial charge in [-0.05, 0) is 45.2 Å². The molecule has 1 aromatic rings. The van der Waals surface area contributed by atoms with Crippen molar-refractivity contribution in [3.05, 3.63) is 11.9 Å². The third-order valence-corrected chi connectivity index (χ3v) is 7.40. The highest BCUT2D eigenvalue weighted by atomic mass is 32.2. The minimum atomic E-state index is -3.41. The molecular formula is C19H31N3O5S. The average Bonchev–Trinajstić information content (AvgIpc) is 3.33. The molecular weight excluding hydrogens is 382 g/mol. The van der Waals surface area contributed by atoms with Crippen LogP contribution >= 0.6 is 0 Å². The van der Waals surface area contributed by atoms with Crippen molar-refractivity contribution in [2.75, 3.05) is 32.6 Å². The predicted molar refractivity (Wildman–Crippen MR) is 104 cm³/mol. The normalized spacial score (nSPS) is 21.9. The molecule has 0 spiro atoms. The number of nitrogens with zero attached hydrogens (tertiary/aromatic N) is 3. The molecule has 2 aliphatic rings. The van der Waals surface area contributed by atoms with Crippen LogP contribution in [0.3, 0.4) is 0 Å². The van der Waals surface area contributed by atoms with Gasteiger partial charge in [0.25, 0.3) is 0 Å². The molecule has 1 unspecified atom stereocenters. The van der Waals surface area contributed by atoms with Gasteiger partial charge in [0.2, 0.25) is 15.0 Å². The van der Waals surface area contributed by atoms with Crippen molar-refractivity contribution in [1.82, 2.24) is 14.5 Å². The quantitative estimate of drug-likeness (QED) is 0.598. The molecule has 2 fully saturated rings. The number of hydrogen-bond acceptors (Lipinski definition) is 7. The fourth-order valence-corrected chi connectivity index (χ4v) is 5.50. The first-order chi connectivity index (χ1) is 13.4. The smallest absolute Gasteiger partial charge is 0.308 e. The molecule has 0 aromatic carbocycles. The topological polar surface area (TPSA) is 90.7 Å². The van der Waals surface area contributed by atoms with Crippen molar-refractivity contribution in [3.63, 3.8) is 0 Å². The van der Waals surface area contributed by atoms with E-state index in [1.165, 1.54) is 7.11 Å². The number of rotatable bonds is 8. The molecule has 0 N–H and O–H groups in total. The molecule has 8 nitrogen and oxygen atoms in total. The van der Waals surface area contributed by atoms with E-state index in [-0.39, 0.29) is 28.9 Å². The maximum Gasteiger partial charge on any atom is 0.308 e. The van der Waals surface area contributed by atoms with Gasteiger partial charge in [-0.15, -0.1) is 0 Å². The Labute approximate surface area is 167 Å². The standard InChI is InChI=1S/C19H31N3O5S/c1-3-11-28(24,25)19-20-12-16(22(19)14-17-5-4-10-27-17)13-21-8-6-15(7-9-21)18(23)26-2/h12,15,17H,3-11,13-14H2,1-2H3. The van der Waals surface area contributed by atoms with Crippen LogP contribution in [0, 0.1) is 5.92 Å². The second kappa shape index (κ2) is 9.37. The van der Waals surface area contributed by atoms with Crippen molar-refractivity contribution >= 4 is 15.8 Å². The molecule has 2 aliphatic heterocycles. The first-order valence-corrected chi connectivity index (χ1v) is 11.8. The molecule has 2 saturated heterocycles. The average molecular weight is 414 g/mol. The number of carbonyl (C=O) groups is 1. The third kappa shape index (κ3) is 4.93. The van der Waals surface area contributed by atoms with Crippen LogP contribution in [0.25, 0.3) is 0 Å². The molecule has 0 amide bonds. The number of ether oxygens (including phenoxy) is 2. The van der Waals surface area contributed by atoms with E-state index in [2.05, 4.69) is 9.88 Å². The third-order valence-electron chi connectivity index (χ3n) is 5.57. The molecule has 0 saturated carbocycles. The van der Waals surface area contributed by atoms with E-state index < -0.39 is 9.84 Å². The maximum absolute atomic E-state index is 12.7. The Bertz CT molecular complexity index is 763. The summed E-state index contributed by atoms with van der Waals surface area (Å²) in [4.78, 5) is 18.3. The summed E-state index contributed by atoms with van der Waals surface area (Å²) in [6.45, 7) is 5.29. The molecule has 3 rings (SSSR count). The highest BCUT2D eigenvalue weighted by Gasteiger charge is 2.29. The highest BCUT2D eigenvalue weighted by Crippen LogP contribution is 2.23. The Balaban J connectivity index is 1.75. The number of imidazole rings is 1. The van der Waals surface area contributed by atoms with Crippen LogP contribution in [-0.4, -0.2) is 67.5 Å². The van der Waals surface area contributed by atoms with Crippen molar-refractivity contribution in [1.29, 1.82) is 0 Å². The second-order valence-corrected chi connectivity index (χ2v) is 9.67. The van der Waals surface area contributed by atoms with Gasteiger partial charge in [0.05, 0.1) is 43.3 Å². The summed E-state index contributed by atoms with van der Waals surface area (Å²) in [5.41, 5.74) is 0.890. The number of methoxy groups -OCH3 is 1. The summed E-state index contributed by atoms with van der Waals surface area (Å²) < 4.78 is 37.8. The fraction of sp³-hybridized carbons (Fsp3) is 0.789. The summed E-state index contributed by atoms with van der Waals surface area (Å²) in [6, 6.07) is 0. The van der Waals surface area contributed by atoms with Gasteiger partial charge in [-0.1, -0.05) is 6.92 Å². The van der Waals surface area contributed by atoms with Crippen LogP contribution in [-0.2, 0) is 37.2 Å². The maximum atomic E-state index is 12.7. The molecule has 3 heterocycles. The monoisotopic (exact) mass is 413 g/mol. The Hall–Kier alpha value is -1.45. The summed E-state index contributed by atoms with van der Waals surface area (Å²) in [5.74, 6) is -0.0889. The lowest BCUT2D eigenvalue weighted by molar-refractivity contribution is -0.147. The predicted octanol–water partition coefficient (Wildman–Crippen LogP) is 1.63. The van der Waals surface area contributed by atoms with Crippen molar-refractivity contribution in [3.8, 4) is 0 Å². The minimum Gasteiger partial charge on any atom is -0.469 e. The zero-order chi connectivity index (χ0) is 20.1. The Morgan fingerprint density at radius 2 is 2.07 bits per heavy atom. The van der Waals surface area contributed by atoms with Gasteiger partial charge < -0.3 is 14.0 Å². The summed E-state index contributed by atoms with van der Waals surface area (Å²) >= 11 is 0. The fourth-order valence-electron chi connectivity index (χ4n) is 4.04. The first kappa shape index (κ1) is 21.3. The van der Waals surface area contributed by atoms with E-state index in [0.717, 1.165) is 51.1 Å². The molecule has 0 bridgehead atoms. The highest BCUT2D eigenvalue weighted by molar-refractivity contribution is 7.91. The second-order valence-electron chi connectivity index (χ2n) is 7.67. The molecule has 0 aliphatic carbocycles. The Kier molecular flexibility index (Phi) is 7.11. The van der Waals surface area contributed by atoms with Crippen LogP contribution in [0.2, 0.25) is 0 Å². The van der Waals surface area contributed by atoms with Gasteiger partial charge >= 0.3 is 5.97 Å². The number of likely N-dealkylation sites (tertiary alicyclic amines) is 1. The number of piperidine rings is 1. The zero-order valence-corrected chi connectivity index (χ0v) is 17.6. The number of carbonyl (C=O) groups excluding carboxylic acids is 1. The summed E-state index contributed by atoms with van der Waals surface area (Å²) in [6.07, 6.45) is 5.74. The summed E-state index contributed by atoms with van der Waals surface area (Å²) in [5, 5.41) is 0.157. The lowest BCUT2D eigenvalue weighted by atomic mass is 9.97. The van der Waals surface area contributed by atoms with Crippen molar-refractivity contribution in [2.24, 2.45) is 5.92 Å². The number of esters is 1. The van der Waals surface area contributed by atoms with Gasteiger partial charge in [0, 0.05) is 13.2 Å². The molecule has 28 heavy (non-hydrogen) atoms. The Morgan fingerprint density at radius 3 is 2.68 bits per heavy atom. The van der Waals surface area contributed by atoms with E-state index in [1.54, 1.807) is 6.20 Å². The van der Waals surface area contributed by atoms with Crippen LogP contribution in [0.5, 0.6) is 0 Å². The Morgan fingerprint density at radius 1 is 1.32 bits per heavy atom. The van der Waals surface area contributed by atoms with E-state index >= 15 is 0 Å². The van der Waals surface area contributed by atoms with Gasteiger partial charge in [-0.25, -0.2) is 13.4 Å². The van der Waals surface area contributed by atoms with Crippen LogP contribution < -0.4 is 0 Å². The van der Waals surface area contributed by atoms with Gasteiger partial charge in [-0.3, -0.25) is 9.69 Å². The summed E-state index contributed by atoms with van der Waals surface area (Å²) in [7, 11) is -1.98. The van der Waals surface area contributed by atoms with Crippen molar-refractivity contribution in [2.45, 2.75) is 63.4 Å². The number of hydrogen-bond donors (Lipinski definition) is 0. The molecule has 158 valence electrons. The molecule has 9 heteroatoms. The zero-order valence-electron chi connectivity index (χ0n) is 16.8. The molecule has 1 aromatic heterocycles. The lowest BCUT2D eigenvalue weighted by Crippen LogP contribution is -2.37. The van der Waals surface area contributed by atoms with Crippen LogP contribution in [0.1, 0.15) is 44.7 Å².